The van der Waals surface area contributed by atoms with Crippen LogP contribution in [0, 0.1) is 13.8 Å². The molecule has 0 spiro atoms. The highest BCUT2D eigenvalue weighted by Crippen LogP contribution is 2.26. The van der Waals surface area contributed by atoms with Gasteiger partial charge in [0.25, 0.3) is 0 Å². The zero-order chi connectivity index (χ0) is 9.42. The van der Waals surface area contributed by atoms with Crippen LogP contribution in [-0.4, -0.2) is 17.0 Å². The summed E-state index contributed by atoms with van der Waals surface area (Å²) in [5.74, 6) is 0. The maximum atomic E-state index is 4.44. The summed E-state index contributed by atoms with van der Waals surface area (Å²) in [5.41, 5.74) is 3.25. The van der Waals surface area contributed by atoms with Crippen molar-refractivity contribution >= 4 is 27.4 Å². The van der Waals surface area contributed by atoms with Crippen LogP contribution in [0.15, 0.2) is 6.20 Å². The van der Waals surface area contributed by atoms with E-state index in [0.717, 1.165) is 21.0 Å². The molecule has 3 nitrogen and oxygen atoms in total. The van der Waals surface area contributed by atoms with Crippen molar-refractivity contribution in [3.63, 3.8) is 0 Å². The number of anilines is 1. The fourth-order valence-corrected chi connectivity index (χ4v) is 2.17. The first-order chi connectivity index (χ1) is 6.22. The molecule has 68 valence electrons. The number of nitrogens with one attached hydrogen (secondary N) is 1. The zero-order valence-corrected chi connectivity index (χ0v) is 8.70. The lowest BCUT2D eigenvalue weighted by molar-refractivity contribution is 1.29. The molecule has 0 unspecified atom stereocenters. The van der Waals surface area contributed by atoms with Gasteiger partial charge in [-0.1, -0.05) is 11.3 Å². The number of pyridine rings is 1. The topological polar surface area (TPSA) is 37.8 Å². The van der Waals surface area contributed by atoms with Gasteiger partial charge in [0, 0.05) is 12.6 Å². The predicted octanol–water partition coefficient (Wildman–Crippen LogP) is 2.35. The quantitative estimate of drug-likeness (QED) is 0.755. The molecule has 0 radical (unpaired) electrons. The van der Waals surface area contributed by atoms with E-state index in [9.17, 15) is 0 Å². The normalized spacial score (nSPS) is 10.7. The highest BCUT2D eigenvalue weighted by molar-refractivity contribution is 7.18. The van der Waals surface area contributed by atoms with Crippen LogP contribution in [0.4, 0.5) is 5.69 Å². The van der Waals surface area contributed by atoms with Gasteiger partial charge in [-0.3, -0.25) is 0 Å². The van der Waals surface area contributed by atoms with E-state index in [0.29, 0.717) is 0 Å². The summed E-state index contributed by atoms with van der Waals surface area (Å²) in [6, 6.07) is 0. The maximum Gasteiger partial charge on any atom is 0.143 e. The van der Waals surface area contributed by atoms with Gasteiger partial charge < -0.3 is 5.32 Å². The van der Waals surface area contributed by atoms with Gasteiger partial charge in [-0.25, -0.2) is 9.97 Å². The van der Waals surface area contributed by atoms with E-state index in [1.807, 2.05) is 20.2 Å². The Morgan fingerprint density at radius 2 is 2.15 bits per heavy atom. The highest BCUT2D eigenvalue weighted by atomic mass is 32.1. The molecule has 2 heterocycles. The fraction of sp³-hybridized carbons (Fsp3) is 0.333. The number of thiazole rings is 1. The third-order valence-corrected chi connectivity index (χ3v) is 2.93. The van der Waals surface area contributed by atoms with Gasteiger partial charge in [0.05, 0.1) is 16.9 Å². The zero-order valence-electron chi connectivity index (χ0n) is 7.88. The molecule has 2 aromatic heterocycles. The van der Waals surface area contributed by atoms with E-state index in [1.54, 1.807) is 11.3 Å². The van der Waals surface area contributed by atoms with Crippen molar-refractivity contribution in [1.82, 2.24) is 9.97 Å². The van der Waals surface area contributed by atoms with E-state index in [2.05, 4.69) is 22.2 Å². The molecule has 0 aliphatic rings. The number of aromatic nitrogens is 2. The van der Waals surface area contributed by atoms with Crippen LogP contribution in [0.5, 0.6) is 0 Å². The Balaban J connectivity index is 2.78. The first kappa shape index (κ1) is 8.44. The molecule has 0 atom stereocenters. The molecule has 0 fully saturated rings. The van der Waals surface area contributed by atoms with E-state index < -0.39 is 0 Å². The van der Waals surface area contributed by atoms with Gasteiger partial charge in [0.2, 0.25) is 0 Å². The number of aryl methyl sites for hydroxylation is 2. The summed E-state index contributed by atoms with van der Waals surface area (Å²) in [7, 11) is 1.90. The van der Waals surface area contributed by atoms with Crippen molar-refractivity contribution in [3.8, 4) is 0 Å². The van der Waals surface area contributed by atoms with E-state index in [1.165, 1.54) is 5.56 Å². The molecule has 1 N–H and O–H groups in total. The second-order valence-corrected chi connectivity index (χ2v) is 4.12. The minimum absolute atomic E-state index is 1.02. The van der Waals surface area contributed by atoms with E-state index in [-0.39, 0.29) is 0 Å². The Morgan fingerprint density at radius 1 is 1.38 bits per heavy atom. The lowest BCUT2D eigenvalue weighted by atomic mass is 10.2. The second kappa shape index (κ2) is 2.96. The Morgan fingerprint density at radius 3 is 2.85 bits per heavy atom. The molecule has 0 aliphatic carbocycles. The molecule has 0 amide bonds. The monoisotopic (exact) mass is 193 g/mol. The number of hydrogen-bond acceptors (Lipinski definition) is 4. The maximum absolute atomic E-state index is 4.44. The van der Waals surface area contributed by atoms with Crippen LogP contribution in [0.3, 0.4) is 0 Å². The van der Waals surface area contributed by atoms with Crippen LogP contribution in [0.2, 0.25) is 0 Å². The lowest BCUT2D eigenvalue weighted by Crippen LogP contribution is -1.93. The molecule has 0 bridgehead atoms. The first-order valence-corrected chi connectivity index (χ1v) is 4.94. The Kier molecular flexibility index (Phi) is 1.92. The molecule has 0 aliphatic heterocycles. The van der Waals surface area contributed by atoms with Crippen molar-refractivity contribution in [2.75, 3.05) is 12.4 Å². The molecule has 4 heteroatoms. The van der Waals surface area contributed by atoms with Crippen LogP contribution in [0.25, 0.3) is 10.3 Å². The van der Waals surface area contributed by atoms with Gasteiger partial charge in [-0.2, -0.15) is 0 Å². The van der Waals surface area contributed by atoms with Crippen LogP contribution in [-0.2, 0) is 0 Å². The van der Waals surface area contributed by atoms with Gasteiger partial charge in [0.1, 0.15) is 10.3 Å². The lowest BCUT2D eigenvalue weighted by Gasteiger charge is -2.02. The molecule has 2 rings (SSSR count). The van der Waals surface area contributed by atoms with Crippen molar-refractivity contribution in [2.45, 2.75) is 13.8 Å². The van der Waals surface area contributed by atoms with Gasteiger partial charge in [-0.05, 0) is 13.8 Å². The molecule has 0 saturated carbocycles. The van der Waals surface area contributed by atoms with Crippen molar-refractivity contribution < 1.29 is 0 Å². The molecule has 0 aromatic carbocycles. The Hall–Kier alpha value is -1.16. The average molecular weight is 193 g/mol. The van der Waals surface area contributed by atoms with E-state index >= 15 is 0 Å². The van der Waals surface area contributed by atoms with Crippen molar-refractivity contribution in [3.05, 3.63) is 16.8 Å². The molecule has 13 heavy (non-hydrogen) atoms. The third-order valence-electron chi connectivity index (χ3n) is 2.06. The largest absolute Gasteiger partial charge is 0.387 e. The SMILES string of the molecule is CNc1cnc2sc(C)nc2c1C. The van der Waals surface area contributed by atoms with Crippen molar-refractivity contribution in [1.29, 1.82) is 0 Å². The average Bonchev–Trinajstić information content (AvgIpc) is 2.47. The first-order valence-electron chi connectivity index (χ1n) is 4.13. The summed E-state index contributed by atoms with van der Waals surface area (Å²) in [4.78, 5) is 9.79. The third kappa shape index (κ3) is 1.27. The molecule has 0 saturated heterocycles. The summed E-state index contributed by atoms with van der Waals surface area (Å²) in [6.45, 7) is 4.07. The standard InChI is InChI=1S/C9H11N3S/c1-5-7(10-3)4-11-9-8(5)12-6(2)13-9/h4,10H,1-3H3. The Bertz CT molecular complexity index is 447. The molecular formula is C9H11N3S. The summed E-state index contributed by atoms with van der Waals surface area (Å²) in [6.07, 6.45) is 1.86. The number of fused-ring (bicyclic) bond motifs is 1. The summed E-state index contributed by atoms with van der Waals surface area (Å²) < 4.78 is 0. The number of rotatable bonds is 1. The molecule has 2 aromatic rings. The smallest absolute Gasteiger partial charge is 0.143 e. The van der Waals surface area contributed by atoms with Crippen molar-refractivity contribution in [2.24, 2.45) is 0 Å². The highest BCUT2D eigenvalue weighted by Gasteiger charge is 2.07. The molecular weight excluding hydrogens is 182 g/mol. The summed E-state index contributed by atoms with van der Waals surface area (Å²) in [5, 5.41) is 4.17. The van der Waals surface area contributed by atoms with Gasteiger partial charge in [-0.15, -0.1) is 0 Å². The van der Waals surface area contributed by atoms with Crippen LogP contribution >= 0.6 is 11.3 Å². The second-order valence-electron chi connectivity index (χ2n) is 2.93. The number of hydrogen-bond donors (Lipinski definition) is 1. The van der Waals surface area contributed by atoms with Crippen LogP contribution < -0.4 is 5.32 Å². The minimum Gasteiger partial charge on any atom is -0.387 e. The summed E-state index contributed by atoms with van der Waals surface area (Å²) >= 11 is 1.64. The van der Waals surface area contributed by atoms with Gasteiger partial charge >= 0.3 is 0 Å². The van der Waals surface area contributed by atoms with Gasteiger partial charge in [0.15, 0.2) is 0 Å². The van der Waals surface area contributed by atoms with Crippen LogP contribution in [0.1, 0.15) is 10.6 Å². The minimum atomic E-state index is 1.02. The number of nitrogens with zero attached hydrogens (tertiary/aromatic N) is 2. The Labute approximate surface area is 80.8 Å². The fourth-order valence-electron chi connectivity index (χ4n) is 1.35. The van der Waals surface area contributed by atoms with E-state index in [4.69, 9.17) is 0 Å². The predicted molar refractivity (Wildman–Crippen MR) is 56.4 cm³/mol.